The third-order valence-corrected chi connectivity index (χ3v) is 7.31. The van der Waals surface area contributed by atoms with E-state index in [1.807, 2.05) is 11.0 Å². The van der Waals surface area contributed by atoms with Crippen LogP contribution in [-0.4, -0.2) is 77.5 Å². The molecule has 34 heavy (non-hydrogen) atoms. The second-order valence-corrected chi connectivity index (χ2v) is 9.74. The Morgan fingerprint density at radius 3 is 2.53 bits per heavy atom. The number of hydrogen-bond acceptors (Lipinski definition) is 7. The summed E-state index contributed by atoms with van der Waals surface area (Å²) in [5, 5.41) is 19.2. The summed E-state index contributed by atoms with van der Waals surface area (Å²) in [6.45, 7) is 3.80. The summed E-state index contributed by atoms with van der Waals surface area (Å²) in [5.41, 5.74) is 0.680. The van der Waals surface area contributed by atoms with E-state index in [2.05, 4.69) is 9.62 Å². The highest BCUT2D eigenvalue weighted by Gasteiger charge is 2.26. The number of anilines is 1. The first-order valence-electron chi connectivity index (χ1n) is 10.8. The van der Waals surface area contributed by atoms with Gasteiger partial charge in [0, 0.05) is 57.6 Å². The van der Waals surface area contributed by atoms with E-state index in [-0.39, 0.29) is 22.4 Å². The van der Waals surface area contributed by atoms with E-state index in [4.69, 9.17) is 4.74 Å². The third kappa shape index (κ3) is 6.49. The normalized spacial score (nSPS) is 15.8. The van der Waals surface area contributed by atoms with Gasteiger partial charge in [0.05, 0.1) is 18.8 Å². The largest absolute Gasteiger partial charge is 0.395 e. The average Bonchev–Trinajstić information content (AvgIpc) is 2.83. The van der Waals surface area contributed by atoms with Gasteiger partial charge < -0.3 is 14.7 Å². The Bertz CT molecular complexity index is 1130. The van der Waals surface area contributed by atoms with E-state index in [9.17, 15) is 27.6 Å². The summed E-state index contributed by atoms with van der Waals surface area (Å²) in [4.78, 5) is 4.08. The van der Waals surface area contributed by atoms with Gasteiger partial charge in [0.15, 0.2) is 0 Å². The highest BCUT2D eigenvalue weighted by atomic mass is 32.2. The van der Waals surface area contributed by atoms with Crippen molar-refractivity contribution in [3.8, 4) is 6.07 Å². The minimum absolute atomic E-state index is 0.0420. The first kappa shape index (κ1) is 26.0. The molecule has 2 aromatic rings. The van der Waals surface area contributed by atoms with E-state index < -0.39 is 34.3 Å². The molecule has 184 valence electrons. The number of methoxy groups -OCH3 is 1. The number of ether oxygens (including phenoxy) is 1. The molecule has 1 fully saturated rings. The molecular formula is C23H28F2N4O4S. The van der Waals surface area contributed by atoms with Crippen LogP contribution in [0.25, 0.3) is 0 Å². The monoisotopic (exact) mass is 494 g/mol. The molecule has 1 atom stereocenters. The molecule has 8 nitrogen and oxygen atoms in total. The van der Waals surface area contributed by atoms with Gasteiger partial charge in [-0.2, -0.15) is 5.26 Å². The van der Waals surface area contributed by atoms with Gasteiger partial charge in [-0.05, 0) is 36.2 Å². The maximum absolute atomic E-state index is 14.0. The fourth-order valence-electron chi connectivity index (χ4n) is 3.85. The van der Waals surface area contributed by atoms with Crippen LogP contribution in [0.5, 0.6) is 0 Å². The lowest BCUT2D eigenvalue weighted by atomic mass is 10.1. The summed E-state index contributed by atoms with van der Waals surface area (Å²) in [5.74, 6) is -1.58. The van der Waals surface area contributed by atoms with Crippen molar-refractivity contribution in [2.24, 2.45) is 0 Å². The number of halogens is 2. The maximum atomic E-state index is 14.0. The lowest BCUT2D eigenvalue weighted by Gasteiger charge is -2.36. The van der Waals surface area contributed by atoms with E-state index in [0.717, 1.165) is 25.7 Å². The van der Waals surface area contributed by atoms with Crippen LogP contribution in [-0.2, 0) is 21.2 Å². The summed E-state index contributed by atoms with van der Waals surface area (Å²) in [7, 11) is -2.57. The number of nitrogens with one attached hydrogen (secondary N) is 1. The topological polar surface area (TPSA) is 106 Å². The number of aliphatic hydroxyl groups excluding tert-OH is 1. The lowest BCUT2D eigenvalue weighted by molar-refractivity contribution is 0.144. The average molecular weight is 495 g/mol. The molecule has 1 aliphatic heterocycles. The summed E-state index contributed by atoms with van der Waals surface area (Å²) in [6, 6.07) is 8.40. The number of sulfonamides is 1. The number of hydrogen-bond donors (Lipinski definition) is 2. The van der Waals surface area contributed by atoms with Gasteiger partial charge in [0.1, 0.15) is 22.6 Å². The summed E-state index contributed by atoms with van der Waals surface area (Å²) in [6.07, 6.45) is -0.188. The molecule has 0 amide bonds. The van der Waals surface area contributed by atoms with Crippen LogP contribution in [0.2, 0.25) is 0 Å². The van der Waals surface area contributed by atoms with Gasteiger partial charge in [0.2, 0.25) is 10.0 Å². The first-order valence-corrected chi connectivity index (χ1v) is 12.3. The van der Waals surface area contributed by atoms with Gasteiger partial charge in [-0.25, -0.2) is 21.9 Å². The molecule has 1 aliphatic rings. The van der Waals surface area contributed by atoms with Crippen molar-refractivity contribution in [3.05, 3.63) is 59.2 Å². The molecule has 3 rings (SSSR count). The zero-order valence-electron chi connectivity index (χ0n) is 18.9. The Hall–Kier alpha value is -2.62. The van der Waals surface area contributed by atoms with Gasteiger partial charge in [0.25, 0.3) is 0 Å². The van der Waals surface area contributed by atoms with Gasteiger partial charge in [-0.15, -0.1) is 0 Å². The van der Waals surface area contributed by atoms with Crippen molar-refractivity contribution in [2.45, 2.75) is 17.4 Å². The molecular weight excluding hydrogens is 466 g/mol. The van der Waals surface area contributed by atoms with Crippen LogP contribution in [0.15, 0.2) is 41.3 Å². The molecule has 1 unspecified atom stereocenters. The highest BCUT2D eigenvalue weighted by Crippen LogP contribution is 2.25. The van der Waals surface area contributed by atoms with Crippen molar-refractivity contribution >= 4 is 15.7 Å². The molecule has 0 bridgehead atoms. The Kier molecular flexibility index (Phi) is 8.93. The molecule has 0 radical (unpaired) electrons. The van der Waals surface area contributed by atoms with Gasteiger partial charge in [-0.3, -0.25) is 4.90 Å². The zero-order valence-corrected chi connectivity index (χ0v) is 19.7. The third-order valence-electron chi connectivity index (χ3n) is 5.75. The van der Waals surface area contributed by atoms with Crippen molar-refractivity contribution in [3.63, 3.8) is 0 Å². The Balaban J connectivity index is 1.78. The smallest absolute Gasteiger partial charge is 0.242 e. The fourth-order valence-corrected chi connectivity index (χ4v) is 5.25. The van der Waals surface area contributed by atoms with Gasteiger partial charge >= 0.3 is 0 Å². The van der Waals surface area contributed by atoms with E-state index in [1.165, 1.54) is 18.2 Å². The van der Waals surface area contributed by atoms with E-state index >= 15 is 0 Å². The van der Waals surface area contributed by atoms with Crippen molar-refractivity contribution in [1.82, 2.24) is 9.62 Å². The molecule has 2 aromatic carbocycles. The zero-order chi connectivity index (χ0) is 24.7. The van der Waals surface area contributed by atoms with E-state index in [1.54, 1.807) is 13.2 Å². The molecule has 0 aromatic heterocycles. The Morgan fingerprint density at radius 1 is 1.18 bits per heavy atom. The molecule has 1 heterocycles. The first-order chi connectivity index (χ1) is 16.3. The minimum atomic E-state index is -4.22. The van der Waals surface area contributed by atoms with Crippen molar-refractivity contribution in [2.75, 3.05) is 57.9 Å². The van der Waals surface area contributed by atoms with Crippen LogP contribution in [0.3, 0.4) is 0 Å². The predicted molar refractivity (Wildman–Crippen MR) is 123 cm³/mol. The molecule has 1 saturated heterocycles. The van der Waals surface area contributed by atoms with E-state index in [0.29, 0.717) is 31.5 Å². The molecule has 2 N–H and O–H groups in total. The number of rotatable bonds is 10. The number of piperazine rings is 1. The maximum Gasteiger partial charge on any atom is 0.242 e. The van der Waals surface area contributed by atoms with Crippen molar-refractivity contribution in [1.29, 1.82) is 5.26 Å². The van der Waals surface area contributed by atoms with Crippen molar-refractivity contribution < 1.29 is 27.0 Å². The van der Waals surface area contributed by atoms with Crippen LogP contribution in [0.4, 0.5) is 14.5 Å². The van der Waals surface area contributed by atoms with Crippen LogP contribution in [0.1, 0.15) is 11.1 Å². The Labute approximate surface area is 198 Å². The Morgan fingerprint density at radius 2 is 1.91 bits per heavy atom. The predicted octanol–water partition coefficient (Wildman–Crippen LogP) is 1.49. The molecule has 0 spiro atoms. The molecule has 0 aliphatic carbocycles. The number of nitriles is 1. The standard InChI is InChI=1S/C23H28F2N4O4S/c1-33-11-10-28-6-8-29(9-7-28)21-5-3-18(15-26)23(14-21)34(31,32)27-20(16-30)12-17-2-4-19(24)13-22(17)25/h2-5,13-14,20,27,30H,6-12,16H2,1H3. The summed E-state index contributed by atoms with van der Waals surface area (Å²) >= 11 is 0. The minimum Gasteiger partial charge on any atom is -0.395 e. The second-order valence-electron chi connectivity index (χ2n) is 8.05. The summed E-state index contributed by atoms with van der Waals surface area (Å²) < 4.78 is 60.9. The molecule has 11 heteroatoms. The highest BCUT2D eigenvalue weighted by molar-refractivity contribution is 7.89. The second kappa shape index (κ2) is 11.7. The van der Waals surface area contributed by atoms with Crippen LogP contribution in [0, 0.1) is 23.0 Å². The number of aliphatic hydroxyl groups is 1. The fraction of sp³-hybridized carbons (Fsp3) is 0.435. The SMILES string of the molecule is COCCN1CCN(c2ccc(C#N)c(S(=O)(=O)NC(CO)Cc3ccc(F)cc3F)c2)CC1. The molecule has 0 saturated carbocycles. The van der Waals surface area contributed by atoms with Crippen LogP contribution >= 0.6 is 0 Å². The number of benzene rings is 2. The quantitative estimate of drug-likeness (QED) is 0.516. The lowest BCUT2D eigenvalue weighted by Crippen LogP contribution is -2.47. The van der Waals surface area contributed by atoms with Crippen LogP contribution < -0.4 is 9.62 Å². The number of nitrogens with zero attached hydrogens (tertiary/aromatic N) is 3. The van der Waals surface area contributed by atoms with Gasteiger partial charge in [-0.1, -0.05) is 6.07 Å².